The van der Waals surface area contributed by atoms with E-state index >= 15 is 0 Å². The molecule has 1 unspecified atom stereocenters. The predicted octanol–water partition coefficient (Wildman–Crippen LogP) is 2.93. The molecule has 7 nitrogen and oxygen atoms in total. The molecule has 1 aliphatic heterocycles. The van der Waals surface area contributed by atoms with Gasteiger partial charge in [-0.3, -0.25) is 9.69 Å². The number of benzene rings is 1. The van der Waals surface area contributed by atoms with Crippen molar-refractivity contribution in [3.63, 3.8) is 0 Å². The summed E-state index contributed by atoms with van der Waals surface area (Å²) in [5, 5.41) is 16.4. The number of likely N-dealkylation sites (tertiary alicyclic amines) is 1. The van der Waals surface area contributed by atoms with Crippen molar-refractivity contribution in [3.05, 3.63) is 58.5 Å². The Labute approximate surface area is 168 Å². The zero-order valence-corrected chi connectivity index (χ0v) is 16.7. The van der Waals surface area contributed by atoms with Gasteiger partial charge in [-0.1, -0.05) is 19.1 Å². The summed E-state index contributed by atoms with van der Waals surface area (Å²) in [6, 6.07) is 11.8. The van der Waals surface area contributed by atoms with Crippen LogP contribution in [0.3, 0.4) is 0 Å². The first-order valence-corrected chi connectivity index (χ1v) is 10.5. The van der Waals surface area contributed by atoms with Gasteiger partial charge < -0.3 is 5.32 Å². The lowest BCUT2D eigenvalue weighted by molar-refractivity contribution is 0.0915. The maximum absolute atomic E-state index is 12.8. The van der Waals surface area contributed by atoms with Crippen LogP contribution in [0.4, 0.5) is 0 Å². The van der Waals surface area contributed by atoms with Crippen molar-refractivity contribution in [2.45, 2.75) is 25.8 Å². The minimum atomic E-state index is -0.0816. The maximum Gasteiger partial charge on any atom is 0.251 e. The average molecular weight is 397 g/mol. The Kier molecular flexibility index (Phi) is 5.78. The smallest absolute Gasteiger partial charge is 0.251 e. The summed E-state index contributed by atoms with van der Waals surface area (Å²) in [7, 11) is 0. The number of hydrogen-bond acceptors (Lipinski definition) is 6. The van der Waals surface area contributed by atoms with Crippen LogP contribution in [0.25, 0.3) is 5.69 Å². The summed E-state index contributed by atoms with van der Waals surface area (Å²) in [6.07, 6.45) is 3.94. The molecule has 1 fully saturated rings. The summed E-state index contributed by atoms with van der Waals surface area (Å²) in [5.74, 6) is 0.700. The summed E-state index contributed by atoms with van der Waals surface area (Å²) < 4.78 is 1.54. The van der Waals surface area contributed by atoms with Crippen molar-refractivity contribution < 1.29 is 4.79 Å². The summed E-state index contributed by atoms with van der Waals surface area (Å²) in [5.41, 5.74) is 1.36. The van der Waals surface area contributed by atoms with Crippen LogP contribution < -0.4 is 5.32 Å². The third-order valence-corrected chi connectivity index (χ3v) is 6.28. The summed E-state index contributed by atoms with van der Waals surface area (Å²) >= 11 is 1.76. The van der Waals surface area contributed by atoms with Crippen LogP contribution in [0.1, 0.15) is 41.0 Å². The number of nitrogens with one attached hydrogen (secondary N) is 1. The van der Waals surface area contributed by atoms with E-state index in [1.165, 1.54) is 24.0 Å². The molecular formula is C20H24N6OS. The van der Waals surface area contributed by atoms with Crippen LogP contribution in [0, 0.1) is 5.92 Å². The van der Waals surface area contributed by atoms with Crippen LogP contribution in [0.5, 0.6) is 0 Å². The lowest BCUT2D eigenvalue weighted by Gasteiger charge is -2.36. The molecule has 28 heavy (non-hydrogen) atoms. The second-order valence-corrected chi connectivity index (χ2v) is 8.24. The largest absolute Gasteiger partial charge is 0.350 e. The van der Waals surface area contributed by atoms with Crippen molar-refractivity contribution >= 4 is 17.2 Å². The molecule has 1 aromatic carbocycles. The van der Waals surface area contributed by atoms with E-state index in [9.17, 15) is 4.79 Å². The van der Waals surface area contributed by atoms with Crippen LogP contribution in [0.2, 0.25) is 0 Å². The molecule has 1 N–H and O–H groups in total. The Morgan fingerprint density at radius 1 is 1.29 bits per heavy atom. The standard InChI is InChI=1S/C20H24N6OS/c1-15-7-9-25(10-8-15)18(19-6-3-11-28-19)13-21-20(27)16-4-2-5-17(12-16)26-14-22-23-24-26/h2-6,11-12,14-15,18H,7-10,13H2,1H3,(H,21,27). The fraction of sp³-hybridized carbons (Fsp3) is 0.400. The monoisotopic (exact) mass is 396 g/mol. The minimum Gasteiger partial charge on any atom is -0.350 e. The van der Waals surface area contributed by atoms with Gasteiger partial charge in [0.05, 0.1) is 11.7 Å². The molecule has 0 saturated carbocycles. The van der Waals surface area contributed by atoms with Gasteiger partial charge in [-0.25, -0.2) is 4.68 Å². The number of carbonyl (C=O) groups excluding carboxylic acids is 1. The Morgan fingerprint density at radius 3 is 2.86 bits per heavy atom. The third kappa shape index (κ3) is 4.28. The zero-order valence-electron chi connectivity index (χ0n) is 15.9. The van der Waals surface area contributed by atoms with Gasteiger partial charge in [-0.15, -0.1) is 16.4 Å². The van der Waals surface area contributed by atoms with Gasteiger partial charge in [0.2, 0.25) is 0 Å². The molecule has 3 heterocycles. The molecule has 0 bridgehead atoms. The number of tetrazole rings is 1. The molecule has 0 spiro atoms. The summed E-state index contributed by atoms with van der Waals surface area (Å²) in [6.45, 7) is 5.07. The van der Waals surface area contributed by atoms with E-state index in [2.05, 4.69) is 50.2 Å². The number of hydrogen-bond donors (Lipinski definition) is 1. The first-order valence-electron chi connectivity index (χ1n) is 9.60. The van der Waals surface area contributed by atoms with Gasteiger partial charge in [0.25, 0.3) is 5.91 Å². The number of amides is 1. The van der Waals surface area contributed by atoms with Gasteiger partial charge in [0, 0.05) is 17.0 Å². The van der Waals surface area contributed by atoms with Gasteiger partial charge in [-0.2, -0.15) is 0 Å². The first kappa shape index (κ1) is 18.8. The van der Waals surface area contributed by atoms with E-state index in [1.807, 2.05) is 18.2 Å². The highest BCUT2D eigenvalue weighted by molar-refractivity contribution is 7.10. The number of piperidine rings is 1. The lowest BCUT2D eigenvalue weighted by Crippen LogP contribution is -2.41. The number of carbonyl (C=O) groups is 1. The molecule has 146 valence electrons. The van der Waals surface area contributed by atoms with E-state index in [-0.39, 0.29) is 11.9 Å². The molecular weight excluding hydrogens is 372 g/mol. The van der Waals surface area contributed by atoms with E-state index in [4.69, 9.17) is 0 Å². The van der Waals surface area contributed by atoms with Crippen LogP contribution in [-0.2, 0) is 0 Å². The van der Waals surface area contributed by atoms with E-state index < -0.39 is 0 Å². The highest BCUT2D eigenvalue weighted by atomic mass is 32.1. The Hall–Kier alpha value is -2.58. The maximum atomic E-state index is 12.8. The number of aromatic nitrogens is 4. The fourth-order valence-electron chi connectivity index (χ4n) is 3.59. The number of nitrogens with zero attached hydrogens (tertiary/aromatic N) is 5. The van der Waals surface area contributed by atoms with Crippen molar-refractivity contribution in [1.29, 1.82) is 0 Å². The molecule has 2 aromatic heterocycles. The zero-order chi connectivity index (χ0) is 19.3. The Morgan fingerprint density at radius 2 is 2.14 bits per heavy atom. The summed E-state index contributed by atoms with van der Waals surface area (Å²) in [4.78, 5) is 16.6. The molecule has 1 atom stereocenters. The highest BCUT2D eigenvalue weighted by Crippen LogP contribution is 2.29. The molecule has 4 rings (SSSR count). The molecule has 1 saturated heterocycles. The first-order chi connectivity index (χ1) is 13.7. The number of rotatable bonds is 6. The molecule has 3 aromatic rings. The SMILES string of the molecule is CC1CCN(C(CNC(=O)c2cccc(-n3cnnn3)c2)c2cccs2)CC1. The topological polar surface area (TPSA) is 75.9 Å². The van der Waals surface area contributed by atoms with Crippen LogP contribution >= 0.6 is 11.3 Å². The van der Waals surface area contributed by atoms with Crippen molar-refractivity contribution in [2.24, 2.45) is 5.92 Å². The fourth-order valence-corrected chi connectivity index (χ4v) is 4.45. The second-order valence-electron chi connectivity index (χ2n) is 7.26. The normalized spacial score (nSPS) is 16.8. The molecule has 0 radical (unpaired) electrons. The second kappa shape index (κ2) is 8.62. The van der Waals surface area contributed by atoms with Gasteiger partial charge >= 0.3 is 0 Å². The van der Waals surface area contributed by atoms with E-state index in [0.29, 0.717) is 12.1 Å². The number of thiophene rings is 1. The van der Waals surface area contributed by atoms with Crippen molar-refractivity contribution in [1.82, 2.24) is 30.4 Å². The lowest BCUT2D eigenvalue weighted by atomic mass is 9.97. The van der Waals surface area contributed by atoms with E-state index in [1.54, 1.807) is 22.1 Å². The third-order valence-electron chi connectivity index (χ3n) is 5.31. The Balaban J connectivity index is 1.45. The van der Waals surface area contributed by atoms with E-state index in [0.717, 1.165) is 24.7 Å². The Bertz CT molecular complexity index is 887. The molecule has 8 heteroatoms. The molecule has 0 aliphatic carbocycles. The van der Waals surface area contributed by atoms with Crippen LogP contribution in [-0.4, -0.2) is 50.6 Å². The average Bonchev–Trinajstić information content (AvgIpc) is 3.44. The predicted molar refractivity (Wildman–Crippen MR) is 109 cm³/mol. The quantitative estimate of drug-likeness (QED) is 0.693. The van der Waals surface area contributed by atoms with Crippen LogP contribution in [0.15, 0.2) is 48.1 Å². The van der Waals surface area contributed by atoms with Crippen molar-refractivity contribution in [2.75, 3.05) is 19.6 Å². The van der Waals surface area contributed by atoms with Gasteiger partial charge in [0.15, 0.2) is 0 Å². The van der Waals surface area contributed by atoms with Gasteiger partial charge in [-0.05, 0) is 71.9 Å². The van der Waals surface area contributed by atoms with Gasteiger partial charge in [0.1, 0.15) is 6.33 Å². The molecule has 1 aliphatic rings. The minimum absolute atomic E-state index is 0.0816. The molecule has 1 amide bonds. The highest BCUT2D eigenvalue weighted by Gasteiger charge is 2.25. The van der Waals surface area contributed by atoms with Crippen molar-refractivity contribution in [3.8, 4) is 5.69 Å².